The van der Waals surface area contributed by atoms with Crippen molar-refractivity contribution in [3.8, 4) is 11.8 Å². The molecule has 11 heteroatoms. The van der Waals surface area contributed by atoms with Crippen molar-refractivity contribution in [2.45, 2.75) is 6.42 Å². The van der Waals surface area contributed by atoms with Gasteiger partial charge in [0, 0.05) is 20.8 Å². The van der Waals surface area contributed by atoms with E-state index in [1.165, 1.54) is 0 Å². The van der Waals surface area contributed by atoms with Crippen molar-refractivity contribution < 1.29 is 0 Å². The summed E-state index contributed by atoms with van der Waals surface area (Å²) in [6.45, 7) is 0. The SMILES string of the molecule is N#Cc1nn(-c2cc(Br)c(Cc3n[nH]c(=O)c4ccccc34)c(Br)c2)c(=O)[nH]c1=O. The summed E-state index contributed by atoms with van der Waals surface area (Å²) in [4.78, 5) is 37.8. The van der Waals surface area contributed by atoms with E-state index >= 15 is 0 Å². The topological polar surface area (TPSA) is 137 Å². The van der Waals surface area contributed by atoms with Gasteiger partial charge in [-0.2, -0.15) is 15.0 Å². The van der Waals surface area contributed by atoms with Gasteiger partial charge in [0.15, 0.2) is 0 Å². The fraction of sp³-hybridized carbons (Fsp3) is 0.0526. The standard InChI is InChI=1S/C19H10Br2N6O3/c20-13-5-9(27-19(30)23-18(29)16(8-22)26-27)6-14(21)12(13)7-15-10-3-1-2-4-11(10)17(28)25-24-15/h1-6H,7H2,(H,25,28)(H,23,29,30). The number of benzene rings is 2. The third-order valence-electron chi connectivity index (χ3n) is 4.42. The summed E-state index contributed by atoms with van der Waals surface area (Å²) in [7, 11) is 0. The van der Waals surface area contributed by atoms with Gasteiger partial charge in [-0.25, -0.2) is 9.89 Å². The number of halogens is 2. The smallest absolute Gasteiger partial charge is 0.270 e. The monoisotopic (exact) mass is 528 g/mol. The number of nitrogens with zero attached hydrogens (tertiary/aromatic N) is 4. The summed E-state index contributed by atoms with van der Waals surface area (Å²) >= 11 is 6.99. The van der Waals surface area contributed by atoms with Crippen LogP contribution in [0.2, 0.25) is 0 Å². The normalized spacial score (nSPS) is 10.8. The highest BCUT2D eigenvalue weighted by Crippen LogP contribution is 2.31. The molecular weight excluding hydrogens is 520 g/mol. The summed E-state index contributed by atoms with van der Waals surface area (Å²) in [6.07, 6.45) is 0.385. The van der Waals surface area contributed by atoms with Gasteiger partial charge in [0.05, 0.1) is 16.8 Å². The molecule has 2 aromatic carbocycles. The molecule has 0 spiro atoms. The molecule has 0 atom stereocenters. The Morgan fingerprint density at radius 1 is 1.03 bits per heavy atom. The number of H-pyrrole nitrogens is 2. The predicted octanol–water partition coefficient (Wildman–Crippen LogP) is 2.14. The second-order valence-corrected chi connectivity index (χ2v) is 7.95. The Kier molecular flexibility index (Phi) is 5.19. The van der Waals surface area contributed by atoms with Crippen LogP contribution in [-0.2, 0) is 6.42 Å². The van der Waals surface area contributed by atoms with Crippen LogP contribution in [0.1, 0.15) is 17.0 Å². The van der Waals surface area contributed by atoms with Gasteiger partial charge in [0.2, 0.25) is 5.69 Å². The summed E-state index contributed by atoms with van der Waals surface area (Å²) in [6, 6.07) is 12.1. The molecular formula is C19H10Br2N6O3. The lowest BCUT2D eigenvalue weighted by atomic mass is 10.0. The third-order valence-corrected chi connectivity index (χ3v) is 5.84. The van der Waals surface area contributed by atoms with E-state index in [9.17, 15) is 14.4 Å². The Labute approximate surface area is 184 Å². The number of nitrogens with one attached hydrogen (secondary N) is 2. The predicted molar refractivity (Wildman–Crippen MR) is 116 cm³/mol. The molecule has 0 fully saturated rings. The molecule has 0 radical (unpaired) electrons. The van der Waals surface area contributed by atoms with E-state index in [1.807, 2.05) is 12.1 Å². The first-order valence-corrected chi connectivity index (χ1v) is 10.1. The molecule has 4 rings (SSSR count). The van der Waals surface area contributed by atoms with E-state index in [4.69, 9.17) is 5.26 Å². The maximum absolute atomic E-state index is 12.1. The van der Waals surface area contributed by atoms with E-state index in [0.717, 1.165) is 15.6 Å². The summed E-state index contributed by atoms with van der Waals surface area (Å²) < 4.78 is 2.22. The molecule has 30 heavy (non-hydrogen) atoms. The lowest BCUT2D eigenvalue weighted by Gasteiger charge is -2.12. The van der Waals surface area contributed by atoms with Gasteiger partial charge < -0.3 is 0 Å². The zero-order valence-electron chi connectivity index (χ0n) is 14.9. The number of aromatic nitrogens is 5. The Balaban J connectivity index is 1.82. The van der Waals surface area contributed by atoms with Gasteiger partial charge in [0.1, 0.15) is 6.07 Å². The van der Waals surface area contributed by atoms with Gasteiger partial charge >= 0.3 is 5.69 Å². The second kappa shape index (κ2) is 7.81. The van der Waals surface area contributed by atoms with Crippen LogP contribution in [-0.4, -0.2) is 25.0 Å². The second-order valence-electron chi connectivity index (χ2n) is 6.24. The van der Waals surface area contributed by atoms with Crippen LogP contribution >= 0.6 is 31.9 Å². The van der Waals surface area contributed by atoms with Crippen molar-refractivity contribution in [3.05, 3.63) is 93.5 Å². The summed E-state index contributed by atoms with van der Waals surface area (Å²) in [5.41, 5.74) is -0.459. The van der Waals surface area contributed by atoms with Crippen molar-refractivity contribution in [2.75, 3.05) is 0 Å². The number of hydrogen-bond acceptors (Lipinski definition) is 6. The van der Waals surface area contributed by atoms with Crippen molar-refractivity contribution in [2.24, 2.45) is 0 Å². The molecule has 2 N–H and O–H groups in total. The fourth-order valence-electron chi connectivity index (χ4n) is 3.00. The number of rotatable bonds is 3. The van der Waals surface area contributed by atoms with Crippen molar-refractivity contribution >= 4 is 42.6 Å². The molecule has 4 aromatic rings. The molecule has 0 saturated heterocycles. The van der Waals surface area contributed by atoms with Crippen molar-refractivity contribution in [1.82, 2.24) is 25.0 Å². The van der Waals surface area contributed by atoms with Gasteiger partial charge in [-0.15, -0.1) is 5.10 Å². The third kappa shape index (κ3) is 3.51. The maximum Gasteiger partial charge on any atom is 0.349 e. The van der Waals surface area contributed by atoms with Gasteiger partial charge in [0.25, 0.3) is 11.1 Å². The molecule has 0 aliphatic rings. The minimum absolute atomic E-state index is 0.264. The van der Waals surface area contributed by atoms with E-state index < -0.39 is 16.9 Å². The molecule has 148 valence electrons. The lowest BCUT2D eigenvalue weighted by Crippen LogP contribution is -2.33. The highest BCUT2D eigenvalue weighted by atomic mass is 79.9. The van der Waals surface area contributed by atoms with Crippen LogP contribution in [0.5, 0.6) is 0 Å². The average Bonchev–Trinajstić information content (AvgIpc) is 2.72. The first-order valence-electron chi connectivity index (χ1n) is 8.47. The number of nitriles is 1. The lowest BCUT2D eigenvalue weighted by molar-refractivity contribution is 0.739. The average molecular weight is 530 g/mol. The Hall–Kier alpha value is -3.36. The summed E-state index contributed by atoms with van der Waals surface area (Å²) in [5.74, 6) is 0. The highest BCUT2D eigenvalue weighted by Gasteiger charge is 2.15. The molecule has 0 unspecified atom stereocenters. The van der Waals surface area contributed by atoms with Crippen LogP contribution in [0.15, 0.2) is 59.7 Å². The molecule has 0 saturated carbocycles. The van der Waals surface area contributed by atoms with Crippen LogP contribution in [0.25, 0.3) is 16.5 Å². The van der Waals surface area contributed by atoms with E-state index in [2.05, 4.69) is 52.1 Å². The van der Waals surface area contributed by atoms with E-state index in [1.54, 1.807) is 30.3 Å². The quantitative estimate of drug-likeness (QED) is 0.417. The van der Waals surface area contributed by atoms with Crippen LogP contribution in [0.4, 0.5) is 0 Å². The van der Waals surface area contributed by atoms with Crippen molar-refractivity contribution in [1.29, 1.82) is 5.26 Å². The fourth-order valence-corrected chi connectivity index (χ4v) is 4.45. The summed E-state index contributed by atoms with van der Waals surface area (Å²) in [5, 5.41) is 20.8. The molecule has 0 aliphatic carbocycles. The van der Waals surface area contributed by atoms with E-state index in [0.29, 0.717) is 32.1 Å². The molecule has 2 heterocycles. The van der Waals surface area contributed by atoms with Crippen LogP contribution < -0.4 is 16.8 Å². The number of aromatic amines is 2. The van der Waals surface area contributed by atoms with E-state index in [-0.39, 0.29) is 5.56 Å². The van der Waals surface area contributed by atoms with Gasteiger partial charge in [-0.3, -0.25) is 14.6 Å². The maximum atomic E-state index is 12.1. The molecule has 2 aromatic heterocycles. The first kappa shape index (κ1) is 19.9. The molecule has 0 aliphatic heterocycles. The van der Waals surface area contributed by atoms with Crippen molar-refractivity contribution in [3.63, 3.8) is 0 Å². The van der Waals surface area contributed by atoms with Gasteiger partial charge in [-0.1, -0.05) is 50.1 Å². The Morgan fingerprint density at radius 2 is 1.70 bits per heavy atom. The zero-order valence-corrected chi connectivity index (χ0v) is 18.1. The molecule has 9 nitrogen and oxygen atoms in total. The van der Waals surface area contributed by atoms with Gasteiger partial charge in [-0.05, 0) is 23.8 Å². The highest BCUT2D eigenvalue weighted by molar-refractivity contribution is 9.11. The Bertz CT molecular complexity index is 1510. The van der Waals surface area contributed by atoms with Crippen LogP contribution in [0.3, 0.4) is 0 Å². The minimum atomic E-state index is -0.843. The minimum Gasteiger partial charge on any atom is -0.270 e. The molecule has 0 amide bonds. The Morgan fingerprint density at radius 3 is 2.37 bits per heavy atom. The zero-order chi connectivity index (χ0) is 21.4. The largest absolute Gasteiger partial charge is 0.349 e. The number of fused-ring (bicyclic) bond motifs is 1. The van der Waals surface area contributed by atoms with Crippen LogP contribution in [0, 0.1) is 11.3 Å². The molecule has 0 bridgehead atoms. The number of hydrogen-bond donors (Lipinski definition) is 2. The first-order chi connectivity index (χ1) is 14.4.